The quantitative estimate of drug-likeness (QED) is 0.670. The fourth-order valence-corrected chi connectivity index (χ4v) is 3.06. The molecule has 158 valence electrons. The lowest BCUT2D eigenvalue weighted by Gasteiger charge is -2.39. The van der Waals surface area contributed by atoms with Crippen molar-refractivity contribution in [3.8, 4) is 11.3 Å². The summed E-state index contributed by atoms with van der Waals surface area (Å²) in [6.45, 7) is 12.7. The molecule has 3 N–H and O–H groups in total. The van der Waals surface area contributed by atoms with Crippen molar-refractivity contribution in [2.24, 2.45) is 11.1 Å². The molecular formula is C22H37N3O2S. The van der Waals surface area contributed by atoms with E-state index in [1.54, 1.807) is 11.3 Å². The zero-order chi connectivity index (χ0) is 21.4. The van der Waals surface area contributed by atoms with Crippen LogP contribution in [0.2, 0.25) is 0 Å². The average Bonchev–Trinajstić information content (AvgIpc) is 3.20. The number of nitrogens with one attached hydrogen (secondary N) is 1. The summed E-state index contributed by atoms with van der Waals surface area (Å²) in [4.78, 5) is 13.5. The van der Waals surface area contributed by atoms with Gasteiger partial charge < -0.3 is 20.6 Å². The molecule has 1 aromatic heterocycles. The van der Waals surface area contributed by atoms with Crippen molar-refractivity contribution in [3.05, 3.63) is 35.2 Å². The van der Waals surface area contributed by atoms with Crippen LogP contribution in [0, 0.1) is 12.3 Å². The van der Waals surface area contributed by atoms with Gasteiger partial charge in [0.1, 0.15) is 6.29 Å². The van der Waals surface area contributed by atoms with E-state index in [9.17, 15) is 0 Å². The molecular weight excluding hydrogens is 370 g/mol. The van der Waals surface area contributed by atoms with E-state index in [4.69, 9.17) is 9.53 Å². The van der Waals surface area contributed by atoms with Crippen molar-refractivity contribution in [1.29, 1.82) is 0 Å². The summed E-state index contributed by atoms with van der Waals surface area (Å²) in [5.41, 5.74) is 8.74. The number of aldehydes is 1. The third-order valence-electron chi connectivity index (χ3n) is 4.44. The van der Waals surface area contributed by atoms with Crippen LogP contribution in [0.3, 0.4) is 0 Å². The van der Waals surface area contributed by atoms with E-state index in [1.807, 2.05) is 20.9 Å². The van der Waals surface area contributed by atoms with Crippen LogP contribution in [0.1, 0.15) is 46.1 Å². The summed E-state index contributed by atoms with van der Waals surface area (Å²) >= 11 is 1.63. The Bertz CT molecular complexity index is 641. The smallest absolute Gasteiger partial charge is 0.182 e. The third kappa shape index (κ3) is 8.95. The maximum absolute atomic E-state index is 9.05. The second-order valence-corrected chi connectivity index (χ2v) is 7.12. The highest BCUT2D eigenvalue weighted by atomic mass is 32.1. The number of anilines is 1. The van der Waals surface area contributed by atoms with Crippen molar-refractivity contribution in [3.63, 3.8) is 0 Å². The van der Waals surface area contributed by atoms with E-state index < -0.39 is 0 Å². The lowest BCUT2D eigenvalue weighted by molar-refractivity contribution is -0.116. The van der Waals surface area contributed by atoms with Crippen molar-refractivity contribution in [2.75, 3.05) is 32.1 Å². The number of nitrogens with two attached hydrogens (primary N) is 1. The van der Waals surface area contributed by atoms with Crippen molar-refractivity contribution in [2.45, 2.75) is 47.5 Å². The molecule has 6 heteroatoms. The first kappa shape index (κ1) is 26.2. The maximum Gasteiger partial charge on any atom is 0.182 e. The van der Waals surface area contributed by atoms with Crippen LogP contribution >= 0.6 is 11.3 Å². The predicted molar refractivity (Wildman–Crippen MR) is 122 cm³/mol. The highest BCUT2D eigenvalue weighted by Gasteiger charge is 2.34. The lowest BCUT2D eigenvalue weighted by Crippen LogP contribution is -2.41. The molecule has 1 fully saturated rings. The Morgan fingerprint density at radius 2 is 1.89 bits per heavy atom. The van der Waals surface area contributed by atoms with Gasteiger partial charge in [0, 0.05) is 30.0 Å². The summed E-state index contributed by atoms with van der Waals surface area (Å²) in [5, 5.41) is 6.07. The molecule has 0 spiro atoms. The topological polar surface area (TPSA) is 77.2 Å². The predicted octanol–water partition coefficient (Wildman–Crippen LogP) is 5.15. The van der Waals surface area contributed by atoms with Crippen LogP contribution in [0.5, 0.6) is 0 Å². The molecule has 1 aliphatic heterocycles. The zero-order valence-corrected chi connectivity index (χ0v) is 19.1. The number of carbonyl (C=O) groups excluding carboxylic acids is 1. The molecule has 1 saturated heterocycles. The minimum absolute atomic E-state index is 0.139. The van der Waals surface area contributed by atoms with Gasteiger partial charge in [0.15, 0.2) is 5.13 Å². The standard InChI is InChI=1S/C11H12N2S.C7H14O.C2H5NO.C2H6/c1-8-4-3-5-9(6-8)10-7-14-11(12-2)13-10;1-3-7(4-2)5-8-6-7;3-1-2-4;1-2/h3-7H,1-2H3,(H,12,13);3-6H2,1-2H3;2H,1,3H2;1-2H3. The number of nitrogens with zero attached hydrogens (tertiary/aromatic N) is 1. The Hall–Kier alpha value is -1.76. The molecule has 0 bridgehead atoms. The zero-order valence-electron chi connectivity index (χ0n) is 18.2. The van der Waals surface area contributed by atoms with Gasteiger partial charge in [-0.05, 0) is 25.8 Å². The molecule has 0 atom stereocenters. The van der Waals surface area contributed by atoms with Crippen LogP contribution in [0.25, 0.3) is 11.3 Å². The van der Waals surface area contributed by atoms with E-state index in [1.165, 1.54) is 24.0 Å². The Morgan fingerprint density at radius 1 is 1.29 bits per heavy atom. The van der Waals surface area contributed by atoms with Gasteiger partial charge in [-0.25, -0.2) is 4.98 Å². The Kier molecular flexibility index (Phi) is 14.2. The normalized spacial score (nSPS) is 13.2. The first-order valence-corrected chi connectivity index (χ1v) is 10.8. The van der Waals surface area contributed by atoms with Gasteiger partial charge in [-0.2, -0.15) is 0 Å². The van der Waals surface area contributed by atoms with E-state index in [0.29, 0.717) is 11.7 Å². The first-order valence-electron chi connectivity index (χ1n) is 9.96. The number of rotatable bonds is 5. The van der Waals surface area contributed by atoms with Crippen molar-refractivity contribution < 1.29 is 9.53 Å². The molecule has 1 aliphatic rings. The minimum atomic E-state index is 0.139. The number of ether oxygens (including phenoxy) is 1. The number of thiazole rings is 1. The van der Waals surface area contributed by atoms with Crippen LogP contribution in [-0.4, -0.2) is 38.1 Å². The summed E-state index contributed by atoms with van der Waals surface area (Å²) in [6, 6.07) is 8.38. The van der Waals surface area contributed by atoms with E-state index >= 15 is 0 Å². The number of aryl methyl sites for hydroxylation is 1. The molecule has 2 heterocycles. The summed E-state index contributed by atoms with van der Waals surface area (Å²) in [7, 11) is 1.89. The first-order chi connectivity index (χ1) is 13.5. The monoisotopic (exact) mass is 407 g/mol. The Balaban J connectivity index is 0.000000441. The number of hydrogen-bond acceptors (Lipinski definition) is 6. The van der Waals surface area contributed by atoms with Crippen molar-refractivity contribution >= 4 is 22.8 Å². The van der Waals surface area contributed by atoms with E-state index in [0.717, 1.165) is 24.0 Å². The van der Waals surface area contributed by atoms with E-state index in [2.05, 4.69) is 66.5 Å². The van der Waals surface area contributed by atoms with Gasteiger partial charge in [0.05, 0.1) is 18.9 Å². The molecule has 0 saturated carbocycles. The van der Waals surface area contributed by atoms with Gasteiger partial charge in [0.25, 0.3) is 0 Å². The van der Waals surface area contributed by atoms with Gasteiger partial charge in [-0.1, -0.05) is 51.5 Å². The number of benzene rings is 1. The number of carbonyl (C=O) groups is 1. The summed E-state index contributed by atoms with van der Waals surface area (Å²) in [5.74, 6) is 0. The van der Waals surface area contributed by atoms with Crippen molar-refractivity contribution in [1.82, 2.24) is 4.98 Å². The second-order valence-electron chi connectivity index (χ2n) is 6.26. The maximum atomic E-state index is 9.05. The van der Waals surface area contributed by atoms with E-state index in [-0.39, 0.29) is 6.54 Å². The van der Waals surface area contributed by atoms with Gasteiger partial charge >= 0.3 is 0 Å². The molecule has 2 aromatic rings. The van der Waals surface area contributed by atoms with Gasteiger partial charge in [0.2, 0.25) is 0 Å². The molecule has 0 radical (unpaired) electrons. The second kappa shape index (κ2) is 15.2. The summed E-state index contributed by atoms with van der Waals surface area (Å²) in [6.07, 6.45) is 3.22. The molecule has 1 aromatic carbocycles. The van der Waals surface area contributed by atoms with Gasteiger partial charge in [-0.3, -0.25) is 0 Å². The molecule has 0 aliphatic carbocycles. The number of hydrogen-bond donors (Lipinski definition) is 2. The highest BCUT2D eigenvalue weighted by molar-refractivity contribution is 7.14. The number of aromatic nitrogens is 1. The van der Waals surface area contributed by atoms with Crippen LogP contribution in [0.15, 0.2) is 29.6 Å². The molecule has 3 rings (SSSR count). The minimum Gasteiger partial charge on any atom is -0.380 e. The van der Waals surface area contributed by atoms with Gasteiger partial charge in [-0.15, -0.1) is 11.3 Å². The fraction of sp³-hybridized carbons (Fsp3) is 0.545. The Morgan fingerprint density at radius 3 is 2.21 bits per heavy atom. The lowest BCUT2D eigenvalue weighted by atomic mass is 9.81. The highest BCUT2D eigenvalue weighted by Crippen LogP contribution is 2.34. The fourth-order valence-electron chi connectivity index (χ4n) is 2.37. The molecule has 0 unspecified atom stereocenters. The van der Waals surface area contributed by atoms with Crippen LogP contribution < -0.4 is 11.1 Å². The van der Waals surface area contributed by atoms with Crippen LogP contribution in [-0.2, 0) is 9.53 Å². The largest absolute Gasteiger partial charge is 0.380 e. The molecule has 5 nitrogen and oxygen atoms in total. The van der Waals surface area contributed by atoms with Crippen LogP contribution in [0.4, 0.5) is 5.13 Å². The summed E-state index contributed by atoms with van der Waals surface area (Å²) < 4.78 is 5.12. The SMILES string of the molecule is CC.CCC1(CC)COC1.CNc1nc(-c2cccc(C)c2)cs1.NCC=O. The third-order valence-corrected chi connectivity index (χ3v) is 5.30. The molecule has 0 amide bonds. The molecule has 28 heavy (non-hydrogen) atoms. The Labute approximate surface area is 174 Å². The average molecular weight is 408 g/mol.